The lowest BCUT2D eigenvalue weighted by molar-refractivity contribution is -0.141. The highest BCUT2D eigenvalue weighted by molar-refractivity contribution is 6.04. The van der Waals surface area contributed by atoms with Gasteiger partial charge in [0.15, 0.2) is 6.10 Å². The number of carbonyl (C=O) groups is 2. The summed E-state index contributed by atoms with van der Waals surface area (Å²) in [7, 11) is 1.20. The number of Topliss-reactive ketones (excluding diaryl/α,β-unsaturated/α-hetero) is 1. The quantitative estimate of drug-likeness (QED) is 0.796. The molecular weight excluding hydrogens is 279 g/mol. The van der Waals surface area contributed by atoms with Crippen molar-refractivity contribution < 1.29 is 32.2 Å². The second kappa shape index (κ2) is 5.10. The summed E-state index contributed by atoms with van der Waals surface area (Å²) < 4.78 is 47.0. The van der Waals surface area contributed by atoms with Gasteiger partial charge in [-0.3, -0.25) is 9.59 Å². The highest BCUT2D eigenvalue weighted by Gasteiger charge is 2.38. The summed E-state index contributed by atoms with van der Waals surface area (Å²) in [6, 6.07) is 1.76. The average molecular weight is 289 g/mol. The molecule has 1 atom stereocenters. The van der Waals surface area contributed by atoms with E-state index in [4.69, 9.17) is 4.74 Å². The van der Waals surface area contributed by atoms with Crippen LogP contribution in [0.25, 0.3) is 0 Å². The van der Waals surface area contributed by atoms with E-state index in [0.29, 0.717) is 0 Å². The Labute approximate surface area is 111 Å². The first-order valence-electron chi connectivity index (χ1n) is 5.69. The van der Waals surface area contributed by atoms with Crippen molar-refractivity contribution in [3.8, 4) is 5.88 Å². The molecule has 108 valence electrons. The number of nitrogens with zero attached hydrogens (tertiary/aromatic N) is 1. The molecule has 1 aliphatic heterocycles. The molecule has 0 unspecified atom stereocenters. The predicted molar refractivity (Wildman–Crippen MR) is 59.2 cm³/mol. The van der Waals surface area contributed by atoms with Crippen molar-refractivity contribution in [1.29, 1.82) is 0 Å². The lowest BCUT2D eigenvalue weighted by Gasteiger charge is -2.08. The van der Waals surface area contributed by atoms with Crippen LogP contribution in [0, 0.1) is 0 Å². The average Bonchev–Trinajstić information content (AvgIpc) is 2.71. The number of halogens is 3. The molecular formula is C12H10F3NO4. The van der Waals surface area contributed by atoms with Crippen molar-refractivity contribution in [1.82, 2.24) is 4.98 Å². The second-order valence-electron chi connectivity index (χ2n) is 4.13. The smallest absolute Gasteiger partial charge is 0.433 e. The lowest BCUT2D eigenvalue weighted by atomic mass is 10.1. The van der Waals surface area contributed by atoms with Gasteiger partial charge in [-0.1, -0.05) is 0 Å². The molecule has 5 nitrogen and oxygen atoms in total. The van der Waals surface area contributed by atoms with Crippen LogP contribution in [-0.2, 0) is 15.7 Å². The van der Waals surface area contributed by atoms with Crippen LogP contribution in [0.4, 0.5) is 13.2 Å². The van der Waals surface area contributed by atoms with Crippen LogP contribution in [0.1, 0.15) is 28.9 Å². The van der Waals surface area contributed by atoms with E-state index >= 15 is 0 Å². The molecule has 0 fully saturated rings. The normalized spacial score (nSPS) is 17.6. The Balaban J connectivity index is 2.14. The Morgan fingerprint density at radius 3 is 2.75 bits per heavy atom. The SMILES string of the molecule is COC(=O)CC[C@H]1Oc2nc(C(F)(F)F)ccc2C1=O. The maximum Gasteiger partial charge on any atom is 0.433 e. The summed E-state index contributed by atoms with van der Waals surface area (Å²) in [6.45, 7) is 0. The Kier molecular flexibility index (Phi) is 3.65. The fraction of sp³-hybridized carbons (Fsp3) is 0.417. The van der Waals surface area contributed by atoms with E-state index in [1.54, 1.807) is 0 Å². The van der Waals surface area contributed by atoms with Crippen molar-refractivity contribution in [3.63, 3.8) is 0 Å². The van der Waals surface area contributed by atoms with E-state index in [1.807, 2.05) is 0 Å². The van der Waals surface area contributed by atoms with Crippen LogP contribution in [-0.4, -0.2) is 30.0 Å². The maximum absolute atomic E-state index is 12.5. The first-order chi connectivity index (χ1) is 9.32. The van der Waals surface area contributed by atoms with E-state index in [0.717, 1.165) is 12.1 Å². The van der Waals surface area contributed by atoms with Crippen LogP contribution in [0.15, 0.2) is 12.1 Å². The summed E-state index contributed by atoms with van der Waals surface area (Å²) in [6.07, 6.45) is -5.64. The van der Waals surface area contributed by atoms with E-state index in [-0.39, 0.29) is 24.3 Å². The van der Waals surface area contributed by atoms with Crippen LogP contribution >= 0.6 is 0 Å². The zero-order chi connectivity index (χ0) is 14.9. The second-order valence-corrected chi connectivity index (χ2v) is 4.13. The highest BCUT2D eigenvalue weighted by Crippen LogP contribution is 2.34. The van der Waals surface area contributed by atoms with Crippen LogP contribution in [0.2, 0.25) is 0 Å². The summed E-state index contributed by atoms with van der Waals surface area (Å²) >= 11 is 0. The van der Waals surface area contributed by atoms with Gasteiger partial charge in [0, 0.05) is 12.8 Å². The van der Waals surface area contributed by atoms with Gasteiger partial charge in [0.1, 0.15) is 5.69 Å². The summed E-state index contributed by atoms with van der Waals surface area (Å²) in [5.74, 6) is -1.36. The molecule has 1 aromatic rings. The number of hydrogen-bond donors (Lipinski definition) is 0. The van der Waals surface area contributed by atoms with Gasteiger partial charge in [-0.15, -0.1) is 0 Å². The van der Waals surface area contributed by atoms with Gasteiger partial charge in [-0.2, -0.15) is 13.2 Å². The lowest BCUT2D eigenvalue weighted by Crippen LogP contribution is -2.21. The maximum atomic E-state index is 12.5. The number of carbonyl (C=O) groups excluding carboxylic acids is 2. The molecule has 0 saturated carbocycles. The van der Waals surface area contributed by atoms with E-state index in [9.17, 15) is 22.8 Å². The van der Waals surface area contributed by atoms with E-state index < -0.39 is 29.7 Å². The third kappa shape index (κ3) is 2.73. The number of ether oxygens (including phenoxy) is 2. The zero-order valence-corrected chi connectivity index (χ0v) is 10.4. The molecule has 1 aliphatic rings. The standard InChI is InChI=1S/C12H10F3NO4/c1-19-9(17)5-3-7-10(18)6-2-4-8(12(13,14)15)16-11(6)20-7/h2,4,7H,3,5H2,1H3/t7-/m1/s1. The highest BCUT2D eigenvalue weighted by atomic mass is 19.4. The Morgan fingerprint density at radius 2 is 2.15 bits per heavy atom. The van der Waals surface area contributed by atoms with Gasteiger partial charge in [0.2, 0.25) is 11.7 Å². The zero-order valence-electron chi connectivity index (χ0n) is 10.4. The molecule has 2 rings (SSSR count). The van der Waals surface area contributed by atoms with E-state index in [1.165, 1.54) is 7.11 Å². The third-order valence-corrected chi connectivity index (χ3v) is 2.80. The van der Waals surface area contributed by atoms with Crippen molar-refractivity contribution in [3.05, 3.63) is 23.4 Å². The molecule has 0 amide bonds. The molecule has 8 heteroatoms. The molecule has 0 spiro atoms. The number of aromatic nitrogens is 1. The van der Waals surface area contributed by atoms with Crippen LogP contribution < -0.4 is 4.74 Å². The van der Waals surface area contributed by atoms with Crippen molar-refractivity contribution in [2.75, 3.05) is 7.11 Å². The Morgan fingerprint density at radius 1 is 1.45 bits per heavy atom. The topological polar surface area (TPSA) is 65.5 Å². The minimum absolute atomic E-state index is 0.00661. The van der Waals surface area contributed by atoms with E-state index in [2.05, 4.69) is 9.72 Å². The van der Waals surface area contributed by atoms with Crippen LogP contribution in [0.5, 0.6) is 5.88 Å². The van der Waals surface area contributed by atoms with Gasteiger partial charge in [-0.25, -0.2) is 4.98 Å². The number of methoxy groups -OCH3 is 1. The molecule has 1 aromatic heterocycles. The molecule has 0 saturated heterocycles. The van der Waals surface area contributed by atoms with Crippen molar-refractivity contribution in [2.24, 2.45) is 0 Å². The fourth-order valence-corrected chi connectivity index (χ4v) is 1.78. The summed E-state index contributed by atoms with van der Waals surface area (Å²) in [4.78, 5) is 26.1. The predicted octanol–water partition coefficient (Wildman–Crippen LogP) is 2.00. The fourth-order valence-electron chi connectivity index (χ4n) is 1.78. The van der Waals surface area contributed by atoms with Gasteiger partial charge in [0.25, 0.3) is 0 Å². The molecule has 2 heterocycles. The number of esters is 1. The Hall–Kier alpha value is -2.12. The molecule has 0 bridgehead atoms. The Bertz CT molecular complexity index is 556. The minimum atomic E-state index is -4.61. The number of ketones is 1. The first kappa shape index (κ1) is 14.3. The first-order valence-corrected chi connectivity index (χ1v) is 5.69. The molecule has 0 aromatic carbocycles. The number of pyridine rings is 1. The minimum Gasteiger partial charge on any atom is -0.469 e. The molecule has 0 aliphatic carbocycles. The molecule has 20 heavy (non-hydrogen) atoms. The van der Waals surface area contributed by atoms with Gasteiger partial charge in [-0.05, 0) is 12.1 Å². The largest absolute Gasteiger partial charge is 0.469 e. The monoisotopic (exact) mass is 289 g/mol. The van der Waals surface area contributed by atoms with Crippen molar-refractivity contribution in [2.45, 2.75) is 25.1 Å². The number of rotatable bonds is 3. The molecule has 0 N–H and O–H groups in total. The number of hydrogen-bond acceptors (Lipinski definition) is 5. The number of alkyl halides is 3. The van der Waals surface area contributed by atoms with Gasteiger partial charge < -0.3 is 9.47 Å². The summed E-state index contributed by atoms with van der Waals surface area (Å²) in [5, 5.41) is 0. The molecule has 0 radical (unpaired) electrons. The number of fused-ring (bicyclic) bond motifs is 1. The van der Waals surface area contributed by atoms with Gasteiger partial charge in [0.05, 0.1) is 12.7 Å². The van der Waals surface area contributed by atoms with Crippen molar-refractivity contribution >= 4 is 11.8 Å². The summed E-state index contributed by atoms with van der Waals surface area (Å²) in [5.41, 5.74) is -1.13. The third-order valence-electron chi connectivity index (χ3n) is 2.80. The van der Waals surface area contributed by atoms with Crippen LogP contribution in [0.3, 0.4) is 0 Å². The van der Waals surface area contributed by atoms with Gasteiger partial charge >= 0.3 is 12.1 Å².